The molecule has 0 saturated carbocycles. The summed E-state index contributed by atoms with van der Waals surface area (Å²) in [5, 5.41) is 6.10. The highest BCUT2D eigenvalue weighted by Gasteiger charge is 2.31. The maximum absolute atomic E-state index is 12.5. The van der Waals surface area contributed by atoms with Crippen LogP contribution < -0.4 is 0 Å². The van der Waals surface area contributed by atoms with Gasteiger partial charge in [-0.1, -0.05) is 63.6 Å². The van der Waals surface area contributed by atoms with Crippen molar-refractivity contribution < 1.29 is 4.79 Å². The van der Waals surface area contributed by atoms with Gasteiger partial charge in [0.05, 0.1) is 11.1 Å². The highest BCUT2D eigenvalue weighted by molar-refractivity contribution is 9.10. The summed E-state index contributed by atoms with van der Waals surface area (Å²) >= 11 is 15.7. The smallest absolute Gasteiger partial charge is 0.266 e. The maximum atomic E-state index is 12.5. The van der Waals surface area contributed by atoms with E-state index in [-0.39, 0.29) is 5.91 Å². The van der Waals surface area contributed by atoms with Crippen LogP contribution >= 0.6 is 51.5 Å². The minimum Gasteiger partial charge on any atom is -0.266 e. The lowest BCUT2D eigenvalue weighted by Gasteiger charge is -2.06. The quantitative estimate of drug-likeness (QED) is 0.369. The molecule has 2 aromatic rings. The van der Waals surface area contributed by atoms with E-state index in [0.717, 1.165) is 15.6 Å². The molecule has 1 aliphatic heterocycles. The van der Waals surface area contributed by atoms with Gasteiger partial charge in [-0.05, 0) is 53.7 Å². The maximum Gasteiger partial charge on any atom is 0.286 e. The molecular weight excluding hydrogens is 428 g/mol. The molecule has 2 aromatic carbocycles. The number of carbonyl (C=O) groups excluding carboxylic acids is 1. The number of nitrogens with zero attached hydrogens (tertiary/aromatic N) is 2. The van der Waals surface area contributed by atoms with Gasteiger partial charge in [0.15, 0.2) is 4.32 Å². The fraction of sp³-hybridized carbons (Fsp3) is 0. The van der Waals surface area contributed by atoms with E-state index in [4.69, 9.17) is 23.8 Å². The third kappa shape index (κ3) is 4.13. The Morgan fingerprint density at radius 3 is 2.38 bits per heavy atom. The van der Waals surface area contributed by atoms with Crippen molar-refractivity contribution in [1.29, 1.82) is 0 Å². The number of rotatable bonds is 3. The molecule has 0 aliphatic carbocycles. The molecule has 1 heterocycles. The van der Waals surface area contributed by atoms with E-state index in [1.165, 1.54) is 16.8 Å². The third-order valence-electron chi connectivity index (χ3n) is 3.13. The first kappa shape index (κ1) is 17.4. The summed E-state index contributed by atoms with van der Waals surface area (Å²) in [5.41, 5.74) is 1.77. The molecule has 0 radical (unpaired) electrons. The summed E-state index contributed by atoms with van der Waals surface area (Å²) in [5.74, 6) is -0.228. The molecular formula is C17H10BrClN2OS2. The standard InChI is InChI=1S/C17H10BrClN2OS2/c18-13-5-1-12(2-6-13)10-20-21-16(22)15(24-17(21)23)9-11-3-7-14(19)8-4-11/h1-10H/b15-9+,20-10+. The van der Waals surface area contributed by atoms with Crippen molar-refractivity contribution in [2.24, 2.45) is 5.10 Å². The van der Waals surface area contributed by atoms with Crippen LogP contribution in [0.2, 0.25) is 5.02 Å². The minimum atomic E-state index is -0.228. The van der Waals surface area contributed by atoms with E-state index in [1.807, 2.05) is 36.4 Å². The molecule has 3 rings (SSSR count). The van der Waals surface area contributed by atoms with Crippen LogP contribution in [0.15, 0.2) is 63.0 Å². The fourth-order valence-electron chi connectivity index (χ4n) is 1.94. The van der Waals surface area contributed by atoms with E-state index in [2.05, 4.69) is 21.0 Å². The van der Waals surface area contributed by atoms with Gasteiger partial charge in [0.25, 0.3) is 5.91 Å². The predicted octanol–water partition coefficient (Wildman–Crippen LogP) is 5.34. The first-order valence-corrected chi connectivity index (χ1v) is 9.25. The SMILES string of the molecule is O=C1/C(=C\c2ccc(Cl)cc2)SC(=S)N1/N=C/c1ccc(Br)cc1. The van der Waals surface area contributed by atoms with E-state index in [0.29, 0.717) is 14.2 Å². The highest BCUT2D eigenvalue weighted by atomic mass is 79.9. The van der Waals surface area contributed by atoms with Gasteiger partial charge < -0.3 is 0 Å². The van der Waals surface area contributed by atoms with Gasteiger partial charge in [0.2, 0.25) is 0 Å². The number of hydrogen-bond acceptors (Lipinski definition) is 4. The van der Waals surface area contributed by atoms with Crippen molar-refractivity contribution in [3.05, 3.63) is 74.1 Å². The van der Waals surface area contributed by atoms with Crippen molar-refractivity contribution >= 4 is 74.0 Å². The van der Waals surface area contributed by atoms with Crippen molar-refractivity contribution in [1.82, 2.24) is 5.01 Å². The lowest BCUT2D eigenvalue weighted by Crippen LogP contribution is -2.22. The van der Waals surface area contributed by atoms with Gasteiger partial charge in [-0.2, -0.15) is 10.1 Å². The van der Waals surface area contributed by atoms with Crippen molar-refractivity contribution in [2.45, 2.75) is 0 Å². The second kappa shape index (κ2) is 7.61. The van der Waals surface area contributed by atoms with Gasteiger partial charge in [-0.25, -0.2) is 0 Å². The molecule has 0 N–H and O–H groups in total. The average Bonchev–Trinajstić information content (AvgIpc) is 2.83. The summed E-state index contributed by atoms with van der Waals surface area (Å²) in [6.45, 7) is 0. The zero-order chi connectivity index (χ0) is 17.1. The van der Waals surface area contributed by atoms with Crippen LogP contribution in [-0.2, 0) is 4.79 Å². The molecule has 1 aliphatic rings. The Bertz CT molecular complexity index is 848. The number of hydrogen-bond donors (Lipinski definition) is 0. The van der Waals surface area contributed by atoms with Crippen molar-refractivity contribution in [3.8, 4) is 0 Å². The Hall–Kier alpha value is -1.47. The number of thiocarbonyl (C=S) groups is 1. The van der Waals surface area contributed by atoms with Crippen molar-refractivity contribution in [3.63, 3.8) is 0 Å². The normalized spacial score (nSPS) is 16.6. The molecule has 120 valence electrons. The zero-order valence-corrected chi connectivity index (χ0v) is 16.1. The Morgan fingerprint density at radius 1 is 1.08 bits per heavy atom. The van der Waals surface area contributed by atoms with Crippen LogP contribution in [0.3, 0.4) is 0 Å². The number of amides is 1. The second-order valence-corrected chi connectivity index (χ2v) is 7.87. The Kier molecular flexibility index (Phi) is 5.50. The summed E-state index contributed by atoms with van der Waals surface area (Å²) in [6.07, 6.45) is 3.40. The fourth-order valence-corrected chi connectivity index (χ4v) is 3.51. The molecule has 0 aromatic heterocycles. The third-order valence-corrected chi connectivity index (χ3v) is 5.20. The molecule has 1 saturated heterocycles. The summed E-state index contributed by atoms with van der Waals surface area (Å²) in [4.78, 5) is 13.0. The van der Waals surface area contributed by atoms with Crippen LogP contribution in [0.1, 0.15) is 11.1 Å². The van der Waals surface area contributed by atoms with Gasteiger partial charge in [0.1, 0.15) is 0 Å². The molecule has 7 heteroatoms. The lowest BCUT2D eigenvalue weighted by atomic mass is 10.2. The van der Waals surface area contributed by atoms with Crippen LogP contribution in [0.25, 0.3) is 6.08 Å². The second-order valence-electron chi connectivity index (χ2n) is 4.84. The topological polar surface area (TPSA) is 32.7 Å². The van der Waals surface area contributed by atoms with Gasteiger partial charge >= 0.3 is 0 Å². The zero-order valence-electron chi connectivity index (χ0n) is 12.1. The number of halogens is 2. The van der Waals surface area contributed by atoms with E-state index in [1.54, 1.807) is 24.4 Å². The molecule has 0 bridgehead atoms. The summed E-state index contributed by atoms with van der Waals surface area (Å²) < 4.78 is 1.39. The van der Waals surface area contributed by atoms with E-state index < -0.39 is 0 Å². The molecule has 24 heavy (non-hydrogen) atoms. The Morgan fingerprint density at radius 2 is 1.71 bits per heavy atom. The molecule has 0 atom stereocenters. The Balaban J connectivity index is 1.78. The molecule has 3 nitrogen and oxygen atoms in total. The molecule has 0 unspecified atom stereocenters. The van der Waals surface area contributed by atoms with Crippen LogP contribution in [0, 0.1) is 0 Å². The molecule has 1 fully saturated rings. The van der Waals surface area contributed by atoms with Crippen LogP contribution in [0.5, 0.6) is 0 Å². The summed E-state index contributed by atoms with van der Waals surface area (Å²) in [7, 11) is 0. The lowest BCUT2D eigenvalue weighted by molar-refractivity contribution is -0.122. The number of benzene rings is 2. The highest BCUT2D eigenvalue weighted by Crippen LogP contribution is 2.32. The van der Waals surface area contributed by atoms with Gasteiger partial charge in [-0.3, -0.25) is 4.79 Å². The van der Waals surface area contributed by atoms with Crippen LogP contribution in [-0.4, -0.2) is 21.5 Å². The van der Waals surface area contributed by atoms with E-state index >= 15 is 0 Å². The van der Waals surface area contributed by atoms with Crippen LogP contribution in [0.4, 0.5) is 0 Å². The number of carbonyl (C=O) groups is 1. The van der Waals surface area contributed by atoms with Gasteiger partial charge in [-0.15, -0.1) is 0 Å². The average molecular weight is 438 g/mol. The summed E-state index contributed by atoms with van der Waals surface area (Å²) in [6, 6.07) is 14.9. The predicted molar refractivity (Wildman–Crippen MR) is 108 cm³/mol. The van der Waals surface area contributed by atoms with Gasteiger partial charge in [0, 0.05) is 9.50 Å². The molecule has 0 spiro atoms. The first-order chi connectivity index (χ1) is 11.5. The van der Waals surface area contributed by atoms with E-state index in [9.17, 15) is 4.79 Å². The minimum absolute atomic E-state index is 0.228. The number of thioether (sulfide) groups is 1. The molecule has 1 amide bonds. The number of hydrazone groups is 1. The van der Waals surface area contributed by atoms with Crippen molar-refractivity contribution in [2.75, 3.05) is 0 Å². The Labute approximate surface area is 162 Å². The monoisotopic (exact) mass is 436 g/mol. The first-order valence-electron chi connectivity index (χ1n) is 6.86. The largest absolute Gasteiger partial charge is 0.286 e.